The van der Waals surface area contributed by atoms with Crippen LogP contribution in [-0.4, -0.2) is 27.2 Å². The predicted molar refractivity (Wildman–Crippen MR) is 76.9 cm³/mol. The van der Waals surface area contributed by atoms with Crippen molar-refractivity contribution in [3.63, 3.8) is 0 Å². The fourth-order valence-corrected chi connectivity index (χ4v) is 1.94. The average Bonchev–Trinajstić information content (AvgIpc) is 2.48. The molecule has 2 N–H and O–H groups in total. The predicted octanol–water partition coefficient (Wildman–Crippen LogP) is 1.07. The van der Waals surface area contributed by atoms with Crippen LogP contribution in [0.4, 0.5) is 4.39 Å². The van der Waals surface area contributed by atoms with E-state index >= 15 is 0 Å². The van der Waals surface area contributed by atoms with Crippen molar-refractivity contribution in [1.82, 2.24) is 9.55 Å². The molecule has 0 aromatic carbocycles. The van der Waals surface area contributed by atoms with E-state index in [2.05, 4.69) is 6.92 Å². The van der Waals surface area contributed by atoms with Crippen LogP contribution in [0.5, 0.6) is 0 Å². The molecule has 0 aliphatic heterocycles. The highest BCUT2D eigenvalue weighted by Crippen LogP contribution is 2.10. The summed E-state index contributed by atoms with van der Waals surface area (Å²) < 4.78 is 18.8. The Morgan fingerprint density at radius 3 is 2.68 bits per heavy atom. The summed E-state index contributed by atoms with van der Waals surface area (Å²) in [5.41, 5.74) is -2.12. The van der Waals surface area contributed by atoms with Crippen LogP contribution in [0.3, 0.4) is 0 Å². The van der Waals surface area contributed by atoms with E-state index in [1.807, 2.05) is 0 Å². The summed E-state index contributed by atoms with van der Waals surface area (Å²) in [6.45, 7) is 1.38. The Bertz CT molecular complexity index is 596. The molecule has 0 bridgehead atoms. The first kappa shape index (κ1) is 18.1. The van der Waals surface area contributed by atoms with Crippen LogP contribution in [0.25, 0.3) is 0 Å². The number of aromatic amines is 1. The number of carbonyl (C=O) groups is 1. The molecule has 1 unspecified atom stereocenters. The number of unbranched alkanes of at least 4 members (excludes halogenated alkanes) is 4. The molecule has 7 nitrogen and oxygen atoms in total. The number of nitrogens with zero attached hydrogens (tertiary/aromatic N) is 1. The molecule has 1 aromatic rings. The van der Waals surface area contributed by atoms with Crippen molar-refractivity contribution in [2.45, 2.75) is 51.7 Å². The molecule has 1 heterocycles. The lowest BCUT2D eigenvalue weighted by molar-refractivity contribution is -0.157. The van der Waals surface area contributed by atoms with Crippen molar-refractivity contribution in [1.29, 1.82) is 0 Å². The number of ether oxygens (including phenoxy) is 1. The van der Waals surface area contributed by atoms with Crippen LogP contribution in [0.2, 0.25) is 0 Å². The molecule has 0 spiro atoms. The highest BCUT2D eigenvalue weighted by molar-refractivity contribution is 5.69. The van der Waals surface area contributed by atoms with Gasteiger partial charge >= 0.3 is 11.7 Å². The van der Waals surface area contributed by atoms with Gasteiger partial charge in [-0.15, -0.1) is 0 Å². The van der Waals surface area contributed by atoms with E-state index in [0.29, 0.717) is 17.2 Å². The molecule has 0 radical (unpaired) electrons. The summed E-state index contributed by atoms with van der Waals surface area (Å²) in [6, 6.07) is 0. The Labute approximate surface area is 126 Å². The van der Waals surface area contributed by atoms with Gasteiger partial charge in [0.1, 0.15) is 0 Å². The van der Waals surface area contributed by atoms with Gasteiger partial charge in [-0.2, -0.15) is 4.39 Å². The van der Waals surface area contributed by atoms with Crippen LogP contribution < -0.4 is 11.2 Å². The fraction of sp³-hybridized carbons (Fsp3) is 0.643. The minimum absolute atomic E-state index is 0.154. The maximum Gasteiger partial charge on any atom is 0.331 e. The van der Waals surface area contributed by atoms with Gasteiger partial charge in [0.15, 0.2) is 0 Å². The minimum atomic E-state index is -1.36. The van der Waals surface area contributed by atoms with Crippen molar-refractivity contribution in [2.75, 3.05) is 6.61 Å². The zero-order valence-corrected chi connectivity index (χ0v) is 12.5. The summed E-state index contributed by atoms with van der Waals surface area (Å²) in [7, 11) is 0. The average molecular weight is 316 g/mol. The number of esters is 1. The first-order valence-electron chi connectivity index (χ1n) is 7.30. The number of hydrogen-bond donors (Lipinski definition) is 2. The molecule has 0 saturated carbocycles. The summed E-state index contributed by atoms with van der Waals surface area (Å²) in [4.78, 5) is 35.9. The van der Waals surface area contributed by atoms with Crippen molar-refractivity contribution in [3.8, 4) is 0 Å². The van der Waals surface area contributed by atoms with Crippen molar-refractivity contribution in [3.05, 3.63) is 32.9 Å². The lowest BCUT2D eigenvalue weighted by Crippen LogP contribution is -2.36. The molecule has 22 heavy (non-hydrogen) atoms. The van der Waals surface area contributed by atoms with Crippen LogP contribution in [0, 0.1) is 5.82 Å². The van der Waals surface area contributed by atoms with Gasteiger partial charge in [0.25, 0.3) is 5.56 Å². The topological polar surface area (TPSA) is 101 Å². The summed E-state index contributed by atoms with van der Waals surface area (Å²) in [5.74, 6) is -1.79. The van der Waals surface area contributed by atoms with Gasteiger partial charge < -0.3 is 9.84 Å². The quantitative estimate of drug-likeness (QED) is 0.524. The van der Waals surface area contributed by atoms with E-state index < -0.39 is 35.9 Å². The van der Waals surface area contributed by atoms with Crippen molar-refractivity contribution >= 4 is 5.97 Å². The van der Waals surface area contributed by atoms with Gasteiger partial charge in [-0.25, -0.2) is 4.79 Å². The Morgan fingerprint density at radius 2 is 2.05 bits per heavy atom. The van der Waals surface area contributed by atoms with E-state index in [0.717, 1.165) is 25.7 Å². The van der Waals surface area contributed by atoms with Gasteiger partial charge in [-0.05, 0) is 6.42 Å². The van der Waals surface area contributed by atoms with Crippen molar-refractivity contribution in [2.24, 2.45) is 0 Å². The third-order valence-corrected chi connectivity index (χ3v) is 3.14. The van der Waals surface area contributed by atoms with Gasteiger partial charge in [0, 0.05) is 6.42 Å². The second kappa shape index (κ2) is 9.14. The number of H-pyrrole nitrogens is 1. The molecule has 0 amide bonds. The largest absolute Gasteiger partial charge is 0.438 e. The molecular formula is C14H21FN2O5. The molecule has 0 aliphatic carbocycles. The lowest BCUT2D eigenvalue weighted by atomic mass is 10.1. The summed E-state index contributed by atoms with van der Waals surface area (Å²) in [5, 5.41) is 9.20. The Balaban J connectivity index is 2.62. The zero-order chi connectivity index (χ0) is 16.5. The first-order chi connectivity index (χ1) is 10.5. The smallest absolute Gasteiger partial charge is 0.331 e. The fourth-order valence-electron chi connectivity index (χ4n) is 1.94. The number of hydrogen-bond acceptors (Lipinski definition) is 5. The number of halogens is 1. The molecule has 0 saturated heterocycles. The Morgan fingerprint density at radius 1 is 1.36 bits per heavy atom. The number of aliphatic hydroxyl groups is 1. The maximum atomic E-state index is 13.2. The van der Waals surface area contributed by atoms with E-state index in [-0.39, 0.29) is 6.42 Å². The third-order valence-electron chi connectivity index (χ3n) is 3.14. The summed E-state index contributed by atoms with van der Waals surface area (Å²) in [6.07, 6.45) is 4.15. The number of aliphatic hydroxyl groups excluding tert-OH is 1. The van der Waals surface area contributed by atoms with Crippen LogP contribution in [0.15, 0.2) is 15.8 Å². The van der Waals surface area contributed by atoms with Gasteiger partial charge in [-0.1, -0.05) is 32.6 Å². The molecule has 124 valence electrons. The highest BCUT2D eigenvalue weighted by atomic mass is 19.1. The Hall–Kier alpha value is -1.96. The normalized spacial score (nSPS) is 12.1. The lowest BCUT2D eigenvalue weighted by Gasteiger charge is -2.17. The van der Waals surface area contributed by atoms with Gasteiger partial charge in [0.2, 0.25) is 12.0 Å². The second-order valence-electron chi connectivity index (χ2n) is 4.93. The molecule has 1 atom stereocenters. The van der Waals surface area contributed by atoms with Gasteiger partial charge in [0.05, 0.1) is 12.8 Å². The zero-order valence-electron chi connectivity index (χ0n) is 12.5. The van der Waals surface area contributed by atoms with Gasteiger partial charge in [-0.3, -0.25) is 19.1 Å². The van der Waals surface area contributed by atoms with E-state index in [1.54, 1.807) is 4.98 Å². The number of rotatable bonds is 9. The second-order valence-corrected chi connectivity index (χ2v) is 4.93. The molecule has 0 fully saturated rings. The molecule has 1 aromatic heterocycles. The van der Waals surface area contributed by atoms with Crippen LogP contribution in [-0.2, 0) is 9.53 Å². The molecule has 0 aliphatic rings. The molecular weight excluding hydrogens is 295 g/mol. The first-order valence-corrected chi connectivity index (χ1v) is 7.30. The summed E-state index contributed by atoms with van der Waals surface area (Å²) >= 11 is 0. The molecule has 8 heteroatoms. The van der Waals surface area contributed by atoms with Crippen LogP contribution >= 0.6 is 0 Å². The maximum absolute atomic E-state index is 13.2. The minimum Gasteiger partial charge on any atom is -0.438 e. The van der Waals surface area contributed by atoms with Crippen LogP contribution in [0.1, 0.15) is 51.7 Å². The van der Waals surface area contributed by atoms with E-state index in [1.165, 1.54) is 0 Å². The SMILES string of the molecule is CCCCCCCC(=O)OC(CO)n1cc(F)c(=O)[nH]c1=O. The number of aromatic nitrogens is 2. The number of carbonyl (C=O) groups excluding carboxylic acids is 1. The molecule has 1 rings (SSSR count). The monoisotopic (exact) mass is 316 g/mol. The van der Waals surface area contributed by atoms with E-state index in [9.17, 15) is 23.9 Å². The standard InChI is InChI=1S/C14H21FN2O5/c1-2-3-4-5-6-7-12(19)22-11(9-18)17-8-10(15)13(20)16-14(17)21/h8,11,18H,2-7,9H2,1H3,(H,16,20,21). The van der Waals surface area contributed by atoms with E-state index in [4.69, 9.17) is 4.74 Å². The van der Waals surface area contributed by atoms with Crippen molar-refractivity contribution < 1.29 is 19.0 Å². The third kappa shape index (κ3) is 5.44. The highest BCUT2D eigenvalue weighted by Gasteiger charge is 2.18. The Kier molecular flexibility index (Phi) is 7.51. The number of nitrogens with one attached hydrogen (secondary N) is 1.